The molecule has 130 heavy (non-hydrogen) atoms. The number of ketones is 10. The average Bonchev–Trinajstić information content (AvgIpc) is 0.808. The fourth-order valence-electron chi connectivity index (χ4n) is 9.47. The molecule has 8 aromatic rings. The number of halogens is 6. The van der Waals surface area contributed by atoms with Gasteiger partial charge in [0.25, 0.3) is 23.2 Å². The van der Waals surface area contributed by atoms with Crippen LogP contribution in [0, 0.1) is 56.7 Å². The number of Topliss-reactive ketones (excluding diaryl/α,β-unsaturated/α-hetero) is 10. The minimum absolute atomic E-state index is 0.000180. The molecule has 3 amide bonds. The Morgan fingerprint density at radius 1 is 0.354 bits per heavy atom. The van der Waals surface area contributed by atoms with Gasteiger partial charge in [0, 0.05) is 89.6 Å². The second kappa shape index (κ2) is 48.4. The third kappa shape index (κ3) is 35.3. The summed E-state index contributed by atoms with van der Waals surface area (Å²) in [6.07, 6.45) is 3.18. The van der Waals surface area contributed by atoms with Crippen LogP contribution in [0.1, 0.15) is 241 Å². The number of hydrogen-bond acceptors (Lipinski definition) is 29. The maximum Gasteiger partial charge on any atom is 0.271 e. The van der Waals surface area contributed by atoms with E-state index in [-0.39, 0.29) is 98.9 Å². The molecule has 0 atom stereocenters. The zero-order valence-electron chi connectivity index (χ0n) is 74.2. The number of aromatic hydroxyl groups is 13. The molecule has 35 nitrogen and oxygen atoms in total. The second-order valence-corrected chi connectivity index (χ2v) is 34.3. The van der Waals surface area contributed by atoms with Gasteiger partial charge in [0.15, 0.2) is 98.0 Å². The van der Waals surface area contributed by atoms with Gasteiger partial charge in [-0.2, -0.15) is 4.39 Å². The highest BCUT2D eigenvalue weighted by Gasteiger charge is 2.34. The smallest absolute Gasteiger partial charge is 0.271 e. The van der Waals surface area contributed by atoms with E-state index in [0.717, 1.165) is 79.3 Å². The summed E-state index contributed by atoms with van der Waals surface area (Å²) in [4.78, 5) is 191. The molecular formula is C89H104ClF5N6O29. The van der Waals surface area contributed by atoms with Crippen molar-refractivity contribution in [1.29, 1.82) is 0 Å². The first-order valence-electron chi connectivity index (χ1n) is 38.6. The zero-order valence-corrected chi connectivity index (χ0v) is 75.0. The number of aromatic nitrogens is 3. The second-order valence-electron chi connectivity index (χ2n) is 34.0. The largest absolute Gasteiger partial charge is 0.504 e. The maximum absolute atomic E-state index is 13.5. The van der Waals surface area contributed by atoms with Gasteiger partial charge in [0.2, 0.25) is 74.5 Å². The summed E-state index contributed by atoms with van der Waals surface area (Å²) in [5, 5.41) is 125. The van der Waals surface area contributed by atoms with Crippen molar-refractivity contribution < 1.29 is 151 Å². The first-order chi connectivity index (χ1) is 59.3. The molecule has 0 unspecified atom stereocenters. The number of rotatable bonds is 20. The van der Waals surface area contributed by atoms with Crippen LogP contribution >= 0.6 is 11.6 Å². The quantitative estimate of drug-likeness (QED) is 0.0146. The lowest BCUT2D eigenvalue weighted by molar-refractivity contribution is -0.122. The molecule has 0 fully saturated rings. The Kier molecular flexibility index (Phi) is 42.2. The molecule has 41 heteroatoms. The Morgan fingerprint density at radius 3 is 1.09 bits per heavy atom. The summed E-state index contributed by atoms with van der Waals surface area (Å²) >= 11 is 5.61. The SMILES string of the molecule is CC(C)(C)C(=O)C(=O)c1cc(O)c(O)c(F)c1.CC(C)(C)C(=O)C(=O)c1ccc(O)c(O)c1F.CC(C)(C)CC(=O)C(=O)c1cc(O)c(O)c(F)c1.CC(C)(C)CC(=O)C(=O)c1ccc(O)c(O)c1.CC(C)CC(=O)C(=O)c1ccc(O)c(O)c1F.CC(C)NC(=O)c1[nH]cc(O)c(=O)c1Cl.CC(C)NC(=O)c1[nH]cc(O)c(=O)c1F.CC(C)NC(=O)c1cc(=O)c(O)c[nH]1. The van der Waals surface area contributed by atoms with Crippen LogP contribution in [-0.2, 0) is 24.0 Å². The van der Waals surface area contributed by atoms with Crippen LogP contribution < -0.4 is 32.2 Å². The predicted molar refractivity (Wildman–Crippen MR) is 461 cm³/mol. The van der Waals surface area contributed by atoms with Gasteiger partial charge in [-0.1, -0.05) is 109 Å². The van der Waals surface area contributed by atoms with Gasteiger partial charge in [-0.05, 0) is 125 Å². The third-order valence-corrected chi connectivity index (χ3v) is 16.3. The first-order valence-corrected chi connectivity index (χ1v) is 39.0. The molecule has 0 saturated heterocycles. The number of phenols is 10. The van der Waals surface area contributed by atoms with Crippen molar-refractivity contribution in [3.63, 3.8) is 0 Å². The molecule has 706 valence electrons. The summed E-state index contributed by atoms with van der Waals surface area (Å²) in [6.45, 7) is 34.4. The molecule has 0 aliphatic carbocycles. The fourth-order valence-corrected chi connectivity index (χ4v) is 9.71. The number of nitrogens with one attached hydrogen (secondary N) is 6. The molecular weight excluding hydrogens is 1750 g/mol. The summed E-state index contributed by atoms with van der Waals surface area (Å²) in [6, 6.07) is 11.5. The highest BCUT2D eigenvalue weighted by molar-refractivity contribution is 6.46. The lowest BCUT2D eigenvalue weighted by Crippen LogP contribution is -2.32. The van der Waals surface area contributed by atoms with Gasteiger partial charge < -0.3 is 97.3 Å². The van der Waals surface area contributed by atoms with Crippen molar-refractivity contribution in [2.24, 2.45) is 27.6 Å². The van der Waals surface area contributed by atoms with E-state index in [0.29, 0.717) is 0 Å². The molecule has 3 aromatic heterocycles. The zero-order chi connectivity index (χ0) is 101. The summed E-state index contributed by atoms with van der Waals surface area (Å²) in [5.41, 5.74) is -6.87. The standard InChI is InChI=1S/C13H15FO4.C13H16O4.3C12H13FO4.C9H11ClN2O3.C9H11FN2O3.C9H12N2O3/c1-13(2,3)6-10(16)11(17)7-4-8(14)12(18)9(15)5-7;1-13(2,3)7-11(16)12(17)8-4-5-9(14)10(15)6-8;1-12(2,3)11(17)9(15)6-4-7(13)10(16)8(14)5-6;1-12(2,3)11(17)9(15)6-4-5-7(14)10(16)8(6)13;1-6(2)5-9(15)11(16)7-3-4-8(14)12(17)10(7)13;2*1-4(2)12-9(15)7-6(10)8(14)5(13)3-11-7;1-5(2)11-9(14)6-3-7(12)8(13)4-10-6/h4-5,15,18H,6H2,1-3H3;4-6,14-15H,7H2,1-3H3;2*4-5,14,16H,1-3H3;3-4,6,14,17H,5H2,1-2H3;2*3-4,13H,1-2H3,(H,11,14)(H,12,15);3-5,13H,1-2H3,(H,10,12)(H,11,14). The van der Waals surface area contributed by atoms with Crippen molar-refractivity contribution in [1.82, 2.24) is 30.9 Å². The van der Waals surface area contributed by atoms with E-state index in [4.69, 9.17) is 67.8 Å². The predicted octanol–water partition coefficient (Wildman–Crippen LogP) is 12.3. The van der Waals surface area contributed by atoms with E-state index >= 15 is 0 Å². The molecule has 5 aromatic carbocycles. The molecule has 0 radical (unpaired) electrons. The van der Waals surface area contributed by atoms with Crippen LogP contribution in [0.2, 0.25) is 5.02 Å². The van der Waals surface area contributed by atoms with Gasteiger partial charge in [0.1, 0.15) is 22.1 Å². The molecule has 8 rings (SSSR count). The van der Waals surface area contributed by atoms with Crippen molar-refractivity contribution in [3.8, 4) is 74.7 Å². The molecule has 19 N–H and O–H groups in total. The Balaban J connectivity index is 0.000000744. The average molecular weight is 1850 g/mol. The monoisotopic (exact) mass is 1850 g/mol. The number of pyridine rings is 3. The van der Waals surface area contributed by atoms with Crippen LogP contribution in [0.5, 0.6) is 74.7 Å². The summed E-state index contributed by atoms with van der Waals surface area (Å²) in [5.74, 6) is -24.7. The Labute approximate surface area is 744 Å². The number of H-pyrrole nitrogens is 3. The van der Waals surface area contributed by atoms with E-state index in [1.807, 2.05) is 34.6 Å². The fraction of sp³-hybridized carbons (Fsp3) is 0.348. The molecule has 0 saturated carbocycles. The topological polar surface area (TPSA) is 620 Å². The van der Waals surface area contributed by atoms with Crippen LogP contribution in [-0.4, -0.2) is 175 Å². The minimum Gasteiger partial charge on any atom is -0.504 e. The number of aromatic amines is 3. The van der Waals surface area contributed by atoms with E-state index in [1.54, 1.807) is 83.1 Å². The minimum atomic E-state index is -1.28. The lowest BCUT2D eigenvalue weighted by atomic mass is 9.86. The highest BCUT2D eigenvalue weighted by atomic mass is 35.5. The number of amides is 3. The van der Waals surface area contributed by atoms with Crippen LogP contribution in [0.3, 0.4) is 0 Å². The number of carbonyl (C=O) groups is 13. The highest BCUT2D eigenvalue weighted by Crippen LogP contribution is 2.35. The van der Waals surface area contributed by atoms with Crippen LogP contribution in [0.25, 0.3) is 0 Å². The first kappa shape index (κ1) is 113. The molecule has 0 bridgehead atoms. The van der Waals surface area contributed by atoms with Gasteiger partial charge in [-0.25, -0.2) is 17.6 Å². The number of benzene rings is 5. The summed E-state index contributed by atoms with van der Waals surface area (Å²) < 4.78 is 66.3. The van der Waals surface area contributed by atoms with Crippen LogP contribution in [0.4, 0.5) is 22.0 Å². The number of carbonyl (C=O) groups excluding carboxylic acids is 13. The maximum atomic E-state index is 13.5. The van der Waals surface area contributed by atoms with Gasteiger partial charge in [0.05, 0.1) is 11.1 Å². The Morgan fingerprint density at radius 2 is 0.708 bits per heavy atom. The molecule has 3 heterocycles. The van der Waals surface area contributed by atoms with Crippen molar-refractivity contribution in [2.75, 3.05) is 0 Å². The van der Waals surface area contributed by atoms with E-state index in [2.05, 4.69) is 30.9 Å². The van der Waals surface area contributed by atoms with Crippen molar-refractivity contribution >= 4 is 87.2 Å². The van der Waals surface area contributed by atoms with E-state index < -0.39 is 212 Å². The lowest BCUT2D eigenvalue weighted by Gasteiger charge is -2.16. The Bertz CT molecular complexity index is 5640. The number of phenolic OH excluding ortho intramolecular Hbond substituents is 10. The molecule has 0 aliphatic heterocycles. The number of hydrogen-bond donors (Lipinski definition) is 19. The third-order valence-electron chi connectivity index (χ3n) is 15.9. The normalized spacial score (nSPS) is 10.9. The van der Waals surface area contributed by atoms with Crippen molar-refractivity contribution in [3.05, 3.63) is 201 Å². The van der Waals surface area contributed by atoms with Gasteiger partial charge in [-0.3, -0.25) is 76.7 Å². The van der Waals surface area contributed by atoms with Crippen molar-refractivity contribution in [2.45, 2.75) is 176 Å². The molecule has 0 spiro atoms. The van der Waals surface area contributed by atoms with Gasteiger partial charge in [-0.15, -0.1) is 0 Å². The molecule has 0 aliphatic rings. The van der Waals surface area contributed by atoms with Crippen LogP contribution in [0.15, 0.2) is 106 Å². The summed E-state index contributed by atoms with van der Waals surface area (Å²) in [7, 11) is 0. The van der Waals surface area contributed by atoms with E-state index in [1.165, 1.54) is 32.9 Å². The van der Waals surface area contributed by atoms with E-state index in [9.17, 15) is 109 Å². The van der Waals surface area contributed by atoms with Gasteiger partial charge >= 0.3 is 0 Å². The Hall–Kier alpha value is -14.6.